The standard InChI is InChI=1S/C10H14OS.C6H11ClO2.C6H6S/c11-8-4-5-9-12-10-6-2-1-3-7-10;1-6(8)9-5-3-2-4-7;7-6-4-2-1-3-5-6/h1-3,6-7,11H,4-5,8-9H2;2-5H2,1H3;1-5,7H. The summed E-state index contributed by atoms with van der Waals surface area (Å²) < 4.78 is 4.65. The molecule has 0 aliphatic carbocycles. The summed E-state index contributed by atoms with van der Waals surface area (Å²) in [6, 6.07) is 20.1. The van der Waals surface area contributed by atoms with Gasteiger partial charge in [-0.05, 0) is 55.7 Å². The Morgan fingerprint density at radius 1 is 1.00 bits per heavy atom. The second kappa shape index (κ2) is 20.6. The molecule has 2 aromatic carbocycles. The van der Waals surface area contributed by atoms with Gasteiger partial charge in [0.1, 0.15) is 0 Å². The molecule has 3 nitrogen and oxygen atoms in total. The Balaban J connectivity index is 0.000000406. The number of ether oxygens (including phenoxy) is 1. The first kappa shape index (κ1) is 26.9. The number of thioether (sulfide) groups is 1. The molecule has 0 aromatic heterocycles. The van der Waals surface area contributed by atoms with Crippen molar-refractivity contribution in [3.63, 3.8) is 0 Å². The zero-order valence-corrected chi connectivity index (χ0v) is 18.9. The molecule has 0 saturated heterocycles. The number of halogens is 1. The van der Waals surface area contributed by atoms with Crippen LogP contribution in [-0.2, 0) is 9.53 Å². The summed E-state index contributed by atoms with van der Waals surface area (Å²) >= 11 is 11.3. The van der Waals surface area contributed by atoms with E-state index in [1.165, 1.54) is 11.8 Å². The highest BCUT2D eigenvalue weighted by molar-refractivity contribution is 7.99. The third-order valence-corrected chi connectivity index (χ3v) is 4.82. The van der Waals surface area contributed by atoms with Crippen LogP contribution in [0.5, 0.6) is 0 Å². The summed E-state index contributed by atoms with van der Waals surface area (Å²) in [5.41, 5.74) is 0. The van der Waals surface area contributed by atoms with Crippen molar-refractivity contribution in [3.05, 3.63) is 60.7 Å². The molecule has 0 unspecified atom stereocenters. The first-order valence-electron chi connectivity index (χ1n) is 9.32. The van der Waals surface area contributed by atoms with Gasteiger partial charge in [0.05, 0.1) is 6.61 Å². The number of carbonyl (C=O) groups is 1. The molecule has 0 saturated carbocycles. The summed E-state index contributed by atoms with van der Waals surface area (Å²) in [5.74, 6) is 1.52. The molecule has 2 aromatic rings. The number of hydrogen-bond acceptors (Lipinski definition) is 5. The smallest absolute Gasteiger partial charge is 0.302 e. The lowest BCUT2D eigenvalue weighted by molar-refractivity contribution is -0.141. The van der Waals surface area contributed by atoms with Gasteiger partial charge in [0.2, 0.25) is 0 Å². The normalized spacial score (nSPS) is 9.43. The van der Waals surface area contributed by atoms with Gasteiger partial charge in [0, 0.05) is 29.2 Å². The first-order valence-corrected chi connectivity index (χ1v) is 11.3. The van der Waals surface area contributed by atoms with Crippen LogP contribution in [0.1, 0.15) is 32.6 Å². The van der Waals surface area contributed by atoms with E-state index >= 15 is 0 Å². The Morgan fingerprint density at radius 3 is 2.07 bits per heavy atom. The van der Waals surface area contributed by atoms with Gasteiger partial charge in [-0.3, -0.25) is 4.79 Å². The van der Waals surface area contributed by atoms with Gasteiger partial charge >= 0.3 is 5.97 Å². The maximum atomic E-state index is 10.2. The molecule has 0 fully saturated rings. The van der Waals surface area contributed by atoms with Crippen molar-refractivity contribution in [1.82, 2.24) is 0 Å². The average Bonchev–Trinajstić information content (AvgIpc) is 2.71. The minimum atomic E-state index is -0.218. The minimum Gasteiger partial charge on any atom is -0.466 e. The molecule has 0 bridgehead atoms. The number of esters is 1. The molecule has 0 spiro atoms. The van der Waals surface area contributed by atoms with E-state index in [9.17, 15) is 4.79 Å². The fraction of sp³-hybridized carbons (Fsp3) is 0.409. The van der Waals surface area contributed by atoms with Crippen molar-refractivity contribution in [2.45, 2.75) is 42.4 Å². The van der Waals surface area contributed by atoms with Crippen LogP contribution in [0.25, 0.3) is 0 Å². The second-order valence-corrected chi connectivity index (χ2v) is 7.73. The molecule has 2 rings (SSSR count). The lowest BCUT2D eigenvalue weighted by Crippen LogP contribution is -2.00. The number of aliphatic hydroxyl groups excluding tert-OH is 1. The highest BCUT2D eigenvalue weighted by atomic mass is 35.5. The van der Waals surface area contributed by atoms with Crippen molar-refractivity contribution < 1.29 is 14.6 Å². The van der Waals surface area contributed by atoms with Crippen molar-refractivity contribution in [2.75, 3.05) is 24.8 Å². The molecule has 0 heterocycles. The molecular formula is C22H31ClO3S2. The Bertz CT molecular complexity index is 583. The lowest BCUT2D eigenvalue weighted by Gasteiger charge is -1.99. The second-order valence-electron chi connectivity index (χ2n) is 5.66. The predicted molar refractivity (Wildman–Crippen MR) is 124 cm³/mol. The maximum absolute atomic E-state index is 10.2. The Kier molecular flexibility index (Phi) is 19.8. The Morgan fingerprint density at radius 2 is 1.61 bits per heavy atom. The van der Waals surface area contributed by atoms with E-state index in [-0.39, 0.29) is 5.97 Å². The summed E-state index contributed by atoms with van der Waals surface area (Å²) in [6.07, 6.45) is 3.79. The summed E-state index contributed by atoms with van der Waals surface area (Å²) in [4.78, 5) is 12.5. The number of rotatable bonds is 9. The van der Waals surface area contributed by atoms with E-state index in [0.29, 0.717) is 19.1 Å². The molecule has 1 N–H and O–H groups in total. The van der Waals surface area contributed by atoms with E-state index in [2.05, 4.69) is 29.5 Å². The van der Waals surface area contributed by atoms with Gasteiger partial charge in [0.15, 0.2) is 0 Å². The van der Waals surface area contributed by atoms with E-state index in [1.807, 2.05) is 60.3 Å². The van der Waals surface area contributed by atoms with Crippen LogP contribution < -0.4 is 0 Å². The van der Waals surface area contributed by atoms with Gasteiger partial charge < -0.3 is 9.84 Å². The predicted octanol–water partition coefficient (Wildman–Crippen LogP) is 6.10. The number of benzene rings is 2. The number of thiol groups is 1. The minimum absolute atomic E-state index is 0.218. The summed E-state index contributed by atoms with van der Waals surface area (Å²) in [6.45, 7) is 2.22. The molecule has 28 heavy (non-hydrogen) atoms. The van der Waals surface area contributed by atoms with Crippen LogP contribution >= 0.6 is 36.0 Å². The number of aliphatic hydroxyl groups is 1. The molecule has 0 aliphatic rings. The van der Waals surface area contributed by atoms with Crippen molar-refractivity contribution in [3.8, 4) is 0 Å². The zero-order chi connectivity index (χ0) is 20.9. The highest BCUT2D eigenvalue weighted by Gasteiger charge is 1.91. The Hall–Kier alpha value is -1.14. The van der Waals surface area contributed by atoms with Crippen LogP contribution in [0.15, 0.2) is 70.5 Å². The number of hydrogen-bond donors (Lipinski definition) is 2. The van der Waals surface area contributed by atoms with Crippen LogP contribution in [0.3, 0.4) is 0 Å². The van der Waals surface area contributed by atoms with E-state index in [0.717, 1.165) is 36.3 Å². The first-order chi connectivity index (χ1) is 13.6. The molecule has 0 radical (unpaired) electrons. The van der Waals surface area contributed by atoms with Gasteiger partial charge in [-0.25, -0.2) is 0 Å². The molecule has 0 aliphatic heterocycles. The third-order valence-electron chi connectivity index (χ3n) is 3.15. The number of alkyl halides is 1. The third kappa shape index (κ3) is 19.6. The average molecular weight is 443 g/mol. The zero-order valence-electron chi connectivity index (χ0n) is 16.4. The van der Waals surface area contributed by atoms with Crippen molar-refractivity contribution in [1.29, 1.82) is 0 Å². The largest absolute Gasteiger partial charge is 0.466 e. The van der Waals surface area contributed by atoms with E-state index in [1.54, 1.807) is 0 Å². The number of unbranched alkanes of at least 4 members (excludes halogenated alkanes) is 2. The van der Waals surface area contributed by atoms with Crippen LogP contribution in [0.4, 0.5) is 0 Å². The van der Waals surface area contributed by atoms with Gasteiger partial charge in [0.25, 0.3) is 0 Å². The molecule has 6 heteroatoms. The molecule has 0 amide bonds. The van der Waals surface area contributed by atoms with Gasteiger partial charge in [-0.15, -0.1) is 36.0 Å². The summed E-state index contributed by atoms with van der Waals surface area (Å²) in [5, 5.41) is 8.55. The maximum Gasteiger partial charge on any atom is 0.302 e. The van der Waals surface area contributed by atoms with E-state index < -0.39 is 0 Å². The highest BCUT2D eigenvalue weighted by Crippen LogP contribution is 2.17. The Labute approximate surface area is 184 Å². The molecule has 156 valence electrons. The van der Waals surface area contributed by atoms with Crippen molar-refractivity contribution in [2.24, 2.45) is 0 Å². The molecule has 0 atom stereocenters. The fourth-order valence-corrected chi connectivity index (χ4v) is 3.06. The quantitative estimate of drug-likeness (QED) is 0.162. The summed E-state index contributed by atoms with van der Waals surface area (Å²) in [7, 11) is 0. The van der Waals surface area contributed by atoms with Crippen LogP contribution in [0, 0.1) is 0 Å². The SMILES string of the molecule is CC(=O)OCCCCCl.OCCCCSc1ccccc1.Sc1ccccc1. The van der Waals surface area contributed by atoms with Gasteiger partial charge in [-0.1, -0.05) is 36.4 Å². The van der Waals surface area contributed by atoms with Crippen LogP contribution in [-0.4, -0.2) is 35.9 Å². The van der Waals surface area contributed by atoms with Crippen molar-refractivity contribution >= 4 is 42.0 Å². The topological polar surface area (TPSA) is 46.5 Å². The van der Waals surface area contributed by atoms with Gasteiger partial charge in [-0.2, -0.15) is 0 Å². The fourth-order valence-electron chi connectivity index (χ4n) is 1.76. The van der Waals surface area contributed by atoms with E-state index in [4.69, 9.17) is 16.7 Å². The number of carbonyl (C=O) groups excluding carboxylic acids is 1. The van der Waals surface area contributed by atoms with Crippen LogP contribution in [0.2, 0.25) is 0 Å². The monoisotopic (exact) mass is 442 g/mol. The molecular weight excluding hydrogens is 412 g/mol. The lowest BCUT2D eigenvalue weighted by atomic mass is 10.4.